The lowest BCUT2D eigenvalue weighted by atomic mass is 10.1. The largest absolute Gasteiger partial charge is 0.396 e. The van der Waals surface area contributed by atoms with Gasteiger partial charge in [0.15, 0.2) is 0 Å². The molecule has 2 heteroatoms. The van der Waals surface area contributed by atoms with Gasteiger partial charge in [-0.15, -0.1) is 0 Å². The molecule has 0 fully saturated rings. The molecule has 0 saturated heterocycles. The molecular weight excluding hydrogens is 114 g/mol. The fourth-order valence-electron chi connectivity index (χ4n) is 0.719. The summed E-state index contributed by atoms with van der Waals surface area (Å²) >= 11 is 0. The molecule has 1 atom stereocenters. The first-order chi connectivity index (χ1) is 4.31. The van der Waals surface area contributed by atoms with Crippen LogP contribution in [0.3, 0.4) is 0 Å². The fourth-order valence-corrected chi connectivity index (χ4v) is 0.719. The lowest BCUT2D eigenvalue weighted by molar-refractivity contribution is 0.228. The van der Waals surface area contributed by atoms with Crippen molar-refractivity contribution in [3.05, 3.63) is 0 Å². The van der Waals surface area contributed by atoms with E-state index in [0.717, 1.165) is 19.4 Å². The standard InChI is InChI=1S/C7H17NO/c1-7(6-9)4-3-5-8-2/h7-9H,3-6H2,1-2H3. The van der Waals surface area contributed by atoms with Gasteiger partial charge in [0.2, 0.25) is 0 Å². The average molecular weight is 131 g/mol. The van der Waals surface area contributed by atoms with Crippen LogP contribution in [-0.4, -0.2) is 25.3 Å². The molecule has 0 spiro atoms. The zero-order chi connectivity index (χ0) is 7.11. The lowest BCUT2D eigenvalue weighted by Crippen LogP contribution is -2.10. The summed E-state index contributed by atoms with van der Waals surface area (Å²) in [5, 5.41) is 11.7. The Labute approximate surface area is 57.3 Å². The summed E-state index contributed by atoms with van der Waals surface area (Å²) in [5.41, 5.74) is 0. The van der Waals surface area contributed by atoms with Gasteiger partial charge in [0, 0.05) is 6.61 Å². The maximum atomic E-state index is 8.61. The second kappa shape index (κ2) is 6.05. The summed E-state index contributed by atoms with van der Waals surface area (Å²) in [6, 6.07) is 0. The van der Waals surface area contributed by atoms with Crippen molar-refractivity contribution in [1.29, 1.82) is 0 Å². The third kappa shape index (κ3) is 5.80. The lowest BCUT2D eigenvalue weighted by Gasteiger charge is -2.05. The van der Waals surface area contributed by atoms with E-state index in [1.165, 1.54) is 0 Å². The Hall–Kier alpha value is -0.0800. The second-order valence-electron chi connectivity index (χ2n) is 2.53. The molecule has 1 unspecified atom stereocenters. The Balaban J connectivity index is 2.88. The maximum Gasteiger partial charge on any atom is 0.0456 e. The first-order valence-electron chi connectivity index (χ1n) is 3.56. The highest BCUT2D eigenvalue weighted by molar-refractivity contribution is 4.50. The molecule has 9 heavy (non-hydrogen) atoms. The van der Waals surface area contributed by atoms with Crippen LogP contribution < -0.4 is 5.32 Å². The highest BCUT2D eigenvalue weighted by atomic mass is 16.3. The van der Waals surface area contributed by atoms with Crippen LogP contribution in [-0.2, 0) is 0 Å². The highest BCUT2D eigenvalue weighted by Gasteiger charge is 1.96. The molecule has 0 bridgehead atoms. The van der Waals surface area contributed by atoms with E-state index in [4.69, 9.17) is 5.11 Å². The van der Waals surface area contributed by atoms with E-state index < -0.39 is 0 Å². The van der Waals surface area contributed by atoms with Crippen LogP contribution in [0.1, 0.15) is 19.8 Å². The van der Waals surface area contributed by atoms with Crippen LogP contribution in [0.25, 0.3) is 0 Å². The molecule has 0 rings (SSSR count). The van der Waals surface area contributed by atoms with Crippen LogP contribution in [0.2, 0.25) is 0 Å². The third-order valence-electron chi connectivity index (χ3n) is 1.44. The molecule has 0 aliphatic carbocycles. The van der Waals surface area contributed by atoms with Crippen LogP contribution in [0.4, 0.5) is 0 Å². The molecule has 0 aromatic heterocycles. The number of aliphatic hydroxyl groups is 1. The van der Waals surface area contributed by atoms with Gasteiger partial charge in [-0.05, 0) is 32.4 Å². The monoisotopic (exact) mass is 131 g/mol. The van der Waals surface area contributed by atoms with Crippen molar-refractivity contribution in [2.45, 2.75) is 19.8 Å². The summed E-state index contributed by atoms with van der Waals surface area (Å²) in [6.45, 7) is 3.45. The maximum absolute atomic E-state index is 8.61. The average Bonchev–Trinajstić information content (AvgIpc) is 1.89. The number of aliphatic hydroxyl groups excluding tert-OH is 1. The Bertz CT molecular complexity index is 56.9. The summed E-state index contributed by atoms with van der Waals surface area (Å²) in [4.78, 5) is 0. The van der Waals surface area contributed by atoms with Gasteiger partial charge in [0.1, 0.15) is 0 Å². The molecule has 2 nitrogen and oxygen atoms in total. The van der Waals surface area contributed by atoms with Crippen molar-refractivity contribution in [1.82, 2.24) is 5.32 Å². The first kappa shape index (κ1) is 8.92. The minimum atomic E-state index is 0.323. The molecule has 0 aromatic rings. The van der Waals surface area contributed by atoms with Gasteiger partial charge < -0.3 is 10.4 Å². The van der Waals surface area contributed by atoms with Crippen molar-refractivity contribution in [3.63, 3.8) is 0 Å². The Morgan fingerprint density at radius 3 is 2.67 bits per heavy atom. The Morgan fingerprint density at radius 2 is 2.22 bits per heavy atom. The van der Waals surface area contributed by atoms with Gasteiger partial charge in [-0.25, -0.2) is 0 Å². The van der Waals surface area contributed by atoms with Crippen LogP contribution in [0, 0.1) is 5.92 Å². The van der Waals surface area contributed by atoms with Crippen LogP contribution >= 0.6 is 0 Å². The van der Waals surface area contributed by atoms with E-state index in [1.807, 2.05) is 7.05 Å². The predicted molar refractivity (Wildman–Crippen MR) is 39.4 cm³/mol. The van der Waals surface area contributed by atoms with Gasteiger partial charge in [-0.3, -0.25) is 0 Å². The van der Waals surface area contributed by atoms with E-state index in [-0.39, 0.29) is 0 Å². The van der Waals surface area contributed by atoms with Gasteiger partial charge in [0.05, 0.1) is 0 Å². The predicted octanol–water partition coefficient (Wildman–Crippen LogP) is 0.614. The fraction of sp³-hybridized carbons (Fsp3) is 1.00. The highest BCUT2D eigenvalue weighted by Crippen LogP contribution is 2.01. The Morgan fingerprint density at radius 1 is 1.56 bits per heavy atom. The molecule has 2 N–H and O–H groups in total. The third-order valence-corrected chi connectivity index (χ3v) is 1.44. The summed E-state index contributed by atoms with van der Waals surface area (Å²) < 4.78 is 0. The van der Waals surface area contributed by atoms with Crippen LogP contribution in [0.15, 0.2) is 0 Å². The Kier molecular flexibility index (Phi) is 5.99. The van der Waals surface area contributed by atoms with E-state index in [0.29, 0.717) is 12.5 Å². The molecule has 0 aliphatic heterocycles. The summed E-state index contributed by atoms with van der Waals surface area (Å²) in [7, 11) is 1.95. The van der Waals surface area contributed by atoms with E-state index in [1.54, 1.807) is 0 Å². The van der Waals surface area contributed by atoms with E-state index >= 15 is 0 Å². The quantitative estimate of drug-likeness (QED) is 0.536. The second-order valence-corrected chi connectivity index (χ2v) is 2.53. The molecule has 56 valence electrons. The molecule has 0 heterocycles. The molecule has 0 aliphatic rings. The minimum Gasteiger partial charge on any atom is -0.396 e. The molecule has 0 radical (unpaired) electrons. The molecular formula is C7H17NO. The minimum absolute atomic E-state index is 0.323. The van der Waals surface area contributed by atoms with Crippen LogP contribution in [0.5, 0.6) is 0 Å². The van der Waals surface area contributed by atoms with Gasteiger partial charge in [-0.1, -0.05) is 6.92 Å². The smallest absolute Gasteiger partial charge is 0.0456 e. The number of hydrogen-bond acceptors (Lipinski definition) is 2. The van der Waals surface area contributed by atoms with E-state index in [9.17, 15) is 0 Å². The van der Waals surface area contributed by atoms with Crippen molar-refractivity contribution in [2.75, 3.05) is 20.2 Å². The number of nitrogens with one attached hydrogen (secondary N) is 1. The normalized spacial score (nSPS) is 13.7. The number of rotatable bonds is 5. The zero-order valence-electron chi connectivity index (χ0n) is 6.35. The van der Waals surface area contributed by atoms with Gasteiger partial charge in [0.25, 0.3) is 0 Å². The van der Waals surface area contributed by atoms with Crippen molar-refractivity contribution in [3.8, 4) is 0 Å². The first-order valence-corrected chi connectivity index (χ1v) is 3.56. The van der Waals surface area contributed by atoms with Gasteiger partial charge >= 0.3 is 0 Å². The molecule has 0 aromatic carbocycles. The summed E-state index contributed by atoms with van der Waals surface area (Å²) in [5.74, 6) is 0.471. The van der Waals surface area contributed by atoms with E-state index in [2.05, 4.69) is 12.2 Å². The zero-order valence-corrected chi connectivity index (χ0v) is 6.35. The topological polar surface area (TPSA) is 32.3 Å². The molecule has 0 saturated carbocycles. The van der Waals surface area contributed by atoms with Gasteiger partial charge in [-0.2, -0.15) is 0 Å². The van der Waals surface area contributed by atoms with Crippen molar-refractivity contribution >= 4 is 0 Å². The summed E-state index contributed by atoms with van der Waals surface area (Å²) in [6.07, 6.45) is 2.29. The number of hydrogen-bond donors (Lipinski definition) is 2. The SMILES string of the molecule is CNCCCC(C)CO. The van der Waals surface area contributed by atoms with Crippen molar-refractivity contribution < 1.29 is 5.11 Å². The van der Waals surface area contributed by atoms with Crippen molar-refractivity contribution in [2.24, 2.45) is 5.92 Å². The molecule has 0 amide bonds.